The van der Waals surface area contributed by atoms with Gasteiger partial charge in [0.25, 0.3) is 0 Å². The molecule has 22 heavy (non-hydrogen) atoms. The highest BCUT2D eigenvalue weighted by molar-refractivity contribution is 6.75. The third kappa shape index (κ3) is 3.00. The fourth-order valence-corrected chi connectivity index (χ4v) is 3.58. The molecule has 0 bridgehead atoms. The first-order chi connectivity index (χ1) is 11.9. The molecule has 0 fully saturated rings. The lowest BCUT2D eigenvalue weighted by Crippen LogP contribution is -2.31. The van der Waals surface area contributed by atoms with Crippen molar-refractivity contribution in [1.82, 2.24) is 4.57 Å². The molecular weight excluding hydrogens is 284 g/mol. The third-order valence-electron chi connectivity index (χ3n) is 3.41. The Labute approximate surface area is 139 Å². The third-order valence-corrected chi connectivity index (χ3v) is 4.45. The summed E-state index contributed by atoms with van der Waals surface area (Å²) < 4.78 is 36.8. The fourth-order valence-electron chi connectivity index (χ4n) is 2.55. The molecule has 0 aliphatic heterocycles. The van der Waals surface area contributed by atoms with Gasteiger partial charge < -0.3 is 9.13 Å². The molecule has 1 heterocycles. The second-order valence-electron chi connectivity index (χ2n) is 6.41. The van der Waals surface area contributed by atoms with Gasteiger partial charge in [0.1, 0.15) is 0 Å². The lowest BCUT2D eigenvalue weighted by Gasteiger charge is -2.16. The first-order valence-corrected chi connectivity index (χ1v) is 11.0. The van der Waals surface area contributed by atoms with Crippen LogP contribution in [0.3, 0.4) is 0 Å². The van der Waals surface area contributed by atoms with Gasteiger partial charge in [0, 0.05) is 10.8 Å². The van der Waals surface area contributed by atoms with E-state index < -0.39 is 20.6 Å². The first-order valence-electron chi connectivity index (χ1n) is 9.49. The molecule has 2 nitrogen and oxygen atoms in total. The number of aromatic nitrogens is 2. The minimum absolute atomic E-state index is 0.636. The van der Waals surface area contributed by atoms with E-state index in [4.69, 9.17) is 5.48 Å². The molecule has 0 radical (unpaired) electrons. The van der Waals surface area contributed by atoms with Gasteiger partial charge in [-0.1, -0.05) is 73.7 Å². The molecular formula is C19H24N2Si. The van der Waals surface area contributed by atoms with Gasteiger partial charge in [-0.25, -0.2) is 0 Å². The van der Waals surface area contributed by atoms with E-state index in [0.29, 0.717) is 11.1 Å². The van der Waals surface area contributed by atoms with Crippen molar-refractivity contribution in [2.45, 2.75) is 39.1 Å². The maximum Gasteiger partial charge on any atom is 0.244 e. The number of benzene rings is 2. The van der Waals surface area contributed by atoms with Crippen LogP contribution in [0.15, 0.2) is 48.5 Å². The predicted molar refractivity (Wildman–Crippen MR) is 95.0 cm³/mol. The molecule has 0 aliphatic carbocycles. The molecule has 0 spiro atoms. The summed E-state index contributed by atoms with van der Waals surface area (Å²) >= 11 is 0. The minimum Gasteiger partial charge on any atom is -0.319 e. The molecule has 0 saturated carbocycles. The largest absolute Gasteiger partial charge is 0.319 e. The molecule has 0 aliphatic rings. The van der Waals surface area contributed by atoms with E-state index >= 15 is 0 Å². The lowest BCUT2D eigenvalue weighted by molar-refractivity contribution is -0.672. The van der Waals surface area contributed by atoms with Crippen LogP contribution in [-0.4, -0.2) is 12.6 Å². The van der Waals surface area contributed by atoms with Crippen molar-refractivity contribution in [2.75, 3.05) is 0 Å². The summed E-state index contributed by atoms with van der Waals surface area (Å²) in [5, 5.41) is 0. The van der Waals surface area contributed by atoms with E-state index in [2.05, 4.69) is 6.33 Å². The number of hydrogen-bond acceptors (Lipinski definition) is 0. The van der Waals surface area contributed by atoms with Crippen LogP contribution in [0.2, 0.25) is 19.6 Å². The van der Waals surface area contributed by atoms with Crippen LogP contribution in [0, 0.1) is 6.33 Å². The van der Waals surface area contributed by atoms with E-state index in [1.54, 1.807) is 16.7 Å². The smallest absolute Gasteiger partial charge is 0.244 e. The van der Waals surface area contributed by atoms with Crippen molar-refractivity contribution < 1.29 is 10.1 Å². The number of hydrogen-bond donors (Lipinski definition) is 0. The van der Waals surface area contributed by atoms with E-state index in [1.165, 1.54) is 11.5 Å². The molecule has 3 rings (SSSR count). The monoisotopic (exact) mass is 312 g/mol. The Morgan fingerprint density at radius 3 is 2.50 bits per heavy atom. The zero-order chi connectivity index (χ0) is 19.3. The number of fused-ring (bicyclic) bond motifs is 1. The number of nitrogens with zero attached hydrogens (tertiary/aromatic N) is 2. The van der Waals surface area contributed by atoms with Gasteiger partial charge in [-0.3, -0.25) is 0 Å². The molecule has 2 aromatic carbocycles. The average molecular weight is 313 g/mol. The Hall–Kier alpha value is -1.87. The van der Waals surface area contributed by atoms with Gasteiger partial charge in [0.15, 0.2) is 0 Å². The van der Waals surface area contributed by atoms with E-state index in [0.717, 1.165) is 11.2 Å². The van der Waals surface area contributed by atoms with Gasteiger partial charge in [0.2, 0.25) is 6.33 Å². The highest BCUT2D eigenvalue weighted by Gasteiger charge is 2.15. The molecule has 3 heteroatoms. The summed E-state index contributed by atoms with van der Waals surface area (Å²) in [5.74, 6) is -1.39. The zero-order valence-corrected chi connectivity index (χ0v) is 14.5. The van der Waals surface area contributed by atoms with Crippen LogP contribution in [0.25, 0.3) is 16.7 Å². The second kappa shape index (κ2) is 5.73. The zero-order valence-electron chi connectivity index (χ0n) is 17.5. The topological polar surface area (TPSA) is 8.81 Å². The molecule has 0 unspecified atom stereocenters. The number of para-hydroxylation sites is 1. The van der Waals surface area contributed by atoms with Crippen LogP contribution < -0.4 is 4.57 Å². The van der Waals surface area contributed by atoms with Crippen LogP contribution in [-0.2, 0) is 12.5 Å². The first kappa shape index (κ1) is 10.8. The molecule has 0 saturated heterocycles. The SMILES string of the molecule is [2H]C([2H])(C)[n+]1[c-]n(-c2ccccc2)c2cc(C([2H])([2H])[Si](C)(C)C)ccc21. The van der Waals surface area contributed by atoms with Crippen LogP contribution in [0.5, 0.6) is 0 Å². The highest BCUT2D eigenvalue weighted by atomic mass is 28.3. The Morgan fingerprint density at radius 1 is 1.14 bits per heavy atom. The maximum atomic E-state index is 8.63. The van der Waals surface area contributed by atoms with Gasteiger partial charge in [-0.15, -0.1) is 0 Å². The minimum atomic E-state index is -2.11. The van der Waals surface area contributed by atoms with Crippen molar-refractivity contribution in [2.24, 2.45) is 0 Å². The van der Waals surface area contributed by atoms with Crippen LogP contribution in [0.1, 0.15) is 18.0 Å². The summed E-state index contributed by atoms with van der Waals surface area (Å²) in [7, 11) is -2.11. The molecule has 0 N–H and O–H groups in total. The summed E-state index contributed by atoms with van der Waals surface area (Å²) in [6.07, 6.45) is 3.11. The van der Waals surface area contributed by atoms with Crippen molar-refractivity contribution in [3.8, 4) is 5.69 Å². The summed E-state index contributed by atoms with van der Waals surface area (Å²) in [6.45, 7) is 5.93. The van der Waals surface area contributed by atoms with E-state index in [9.17, 15) is 0 Å². The molecule has 0 amide bonds. The summed E-state index contributed by atoms with van der Waals surface area (Å²) in [5.41, 5.74) is 2.95. The molecule has 1 aromatic heterocycles. The molecule has 114 valence electrons. The summed E-state index contributed by atoms with van der Waals surface area (Å²) in [4.78, 5) is 0. The van der Waals surface area contributed by atoms with Crippen LogP contribution in [0.4, 0.5) is 0 Å². The molecule has 3 aromatic rings. The van der Waals surface area contributed by atoms with Gasteiger partial charge in [-0.2, -0.15) is 0 Å². The van der Waals surface area contributed by atoms with E-state index in [-0.39, 0.29) is 0 Å². The van der Waals surface area contributed by atoms with Gasteiger partial charge in [-0.05, 0) is 12.9 Å². The van der Waals surface area contributed by atoms with Crippen molar-refractivity contribution >= 4 is 19.1 Å². The standard InChI is InChI=1S/C19H24N2Si/c1-5-20-15-21(17-9-7-6-8-10-17)19-13-16(11-12-18(19)20)14-22(2,3)4/h6-13H,5,14H2,1-4H3/i5D2,14D2. The number of aryl methyl sites for hydroxylation is 1. The Bertz CT molecular complexity index is 938. The quantitative estimate of drug-likeness (QED) is 0.389. The summed E-state index contributed by atoms with van der Waals surface area (Å²) in [6, 6.07) is 15.1. The van der Waals surface area contributed by atoms with Crippen LogP contribution >= 0.6 is 0 Å². The molecule has 0 atom stereocenters. The number of imidazole rings is 1. The second-order valence-corrected chi connectivity index (χ2v) is 11.2. The predicted octanol–water partition coefficient (Wildman–Crippen LogP) is 4.16. The fraction of sp³-hybridized carbons (Fsp3) is 0.316. The normalized spacial score (nSPS) is 16.0. The van der Waals surface area contributed by atoms with Gasteiger partial charge in [0.05, 0.1) is 26.0 Å². The average Bonchev–Trinajstić information content (AvgIpc) is 2.93. The Kier molecular flexibility index (Phi) is 2.81. The number of rotatable bonds is 4. The Morgan fingerprint density at radius 2 is 1.86 bits per heavy atom. The Balaban J connectivity index is 2.32. The van der Waals surface area contributed by atoms with E-state index in [1.807, 2.05) is 56.0 Å². The maximum absolute atomic E-state index is 8.63. The highest BCUT2D eigenvalue weighted by Crippen LogP contribution is 2.20. The lowest BCUT2D eigenvalue weighted by atomic mass is 10.2. The van der Waals surface area contributed by atoms with Crippen molar-refractivity contribution in [1.29, 1.82) is 0 Å². The van der Waals surface area contributed by atoms with Crippen molar-refractivity contribution in [3.05, 3.63) is 60.4 Å². The van der Waals surface area contributed by atoms with Gasteiger partial charge >= 0.3 is 0 Å². The van der Waals surface area contributed by atoms with Crippen molar-refractivity contribution in [3.63, 3.8) is 0 Å².